The van der Waals surface area contributed by atoms with Crippen LogP contribution in [0.5, 0.6) is 0 Å². The first kappa shape index (κ1) is 21.4. The highest BCUT2D eigenvalue weighted by molar-refractivity contribution is 7.99. The standard InChI is InChI=1S/C24H31N3O2S/c28-16-15-27-13-11-26(12-14-27)10-5-17-30-22-9-4-8-20-21(18-23(29)25-24(20)22)19-6-2-1-3-7-19/h1-4,6-9,21,28H,5,10-18H2,(H,25,29). The lowest BCUT2D eigenvalue weighted by atomic mass is 9.85. The summed E-state index contributed by atoms with van der Waals surface area (Å²) < 4.78 is 0. The normalized spacial score (nSPS) is 20.0. The fraction of sp³-hybridized carbons (Fsp3) is 0.458. The quantitative estimate of drug-likeness (QED) is 0.502. The van der Waals surface area contributed by atoms with E-state index in [-0.39, 0.29) is 18.4 Å². The number of carbonyl (C=O) groups excluding carboxylic acids is 1. The van der Waals surface area contributed by atoms with Gasteiger partial charge >= 0.3 is 0 Å². The molecule has 1 fully saturated rings. The zero-order valence-electron chi connectivity index (χ0n) is 17.4. The number of amides is 1. The van der Waals surface area contributed by atoms with E-state index in [1.54, 1.807) is 0 Å². The van der Waals surface area contributed by atoms with Gasteiger partial charge in [0.2, 0.25) is 5.91 Å². The summed E-state index contributed by atoms with van der Waals surface area (Å²) in [6.45, 7) is 6.41. The minimum Gasteiger partial charge on any atom is -0.395 e. The second kappa shape index (κ2) is 10.4. The highest BCUT2D eigenvalue weighted by atomic mass is 32.2. The number of β-amino-alcohol motifs (C(OH)–C–C–N with tert-alkyl or cyclic N) is 1. The molecule has 0 bridgehead atoms. The molecule has 30 heavy (non-hydrogen) atoms. The van der Waals surface area contributed by atoms with Gasteiger partial charge in [-0.05, 0) is 35.9 Å². The Morgan fingerprint density at radius 2 is 1.70 bits per heavy atom. The van der Waals surface area contributed by atoms with Crippen LogP contribution >= 0.6 is 11.8 Å². The maximum atomic E-state index is 12.4. The van der Waals surface area contributed by atoms with Crippen molar-refractivity contribution in [1.29, 1.82) is 0 Å². The molecule has 1 atom stereocenters. The lowest BCUT2D eigenvalue weighted by molar-refractivity contribution is -0.116. The fourth-order valence-electron chi connectivity index (χ4n) is 4.41. The number of thioether (sulfide) groups is 1. The summed E-state index contributed by atoms with van der Waals surface area (Å²) in [6.07, 6.45) is 1.64. The Kier molecular flexibility index (Phi) is 7.44. The van der Waals surface area contributed by atoms with Crippen LogP contribution in [0.15, 0.2) is 53.4 Å². The predicted molar refractivity (Wildman–Crippen MR) is 123 cm³/mol. The van der Waals surface area contributed by atoms with E-state index >= 15 is 0 Å². The molecule has 2 aromatic rings. The number of piperazine rings is 1. The molecule has 2 aliphatic heterocycles. The van der Waals surface area contributed by atoms with Gasteiger partial charge in [0.25, 0.3) is 0 Å². The molecule has 0 spiro atoms. The van der Waals surface area contributed by atoms with Gasteiger partial charge in [-0.1, -0.05) is 42.5 Å². The van der Waals surface area contributed by atoms with Crippen molar-refractivity contribution in [3.8, 4) is 0 Å². The lowest BCUT2D eigenvalue weighted by Crippen LogP contribution is -2.47. The number of aliphatic hydroxyl groups excluding tert-OH is 1. The monoisotopic (exact) mass is 425 g/mol. The largest absolute Gasteiger partial charge is 0.395 e. The third-order valence-electron chi connectivity index (χ3n) is 6.05. The number of fused-ring (bicyclic) bond motifs is 1. The molecular formula is C24H31N3O2S. The van der Waals surface area contributed by atoms with E-state index in [2.05, 4.69) is 45.4 Å². The molecule has 4 rings (SSSR count). The first-order chi connectivity index (χ1) is 14.7. The first-order valence-corrected chi connectivity index (χ1v) is 11.9. The minimum atomic E-state index is 0.102. The van der Waals surface area contributed by atoms with Crippen molar-refractivity contribution in [2.24, 2.45) is 0 Å². The first-order valence-electron chi connectivity index (χ1n) is 10.9. The molecule has 0 radical (unpaired) electrons. The molecule has 160 valence electrons. The number of hydrogen-bond donors (Lipinski definition) is 2. The zero-order valence-corrected chi connectivity index (χ0v) is 18.2. The van der Waals surface area contributed by atoms with Gasteiger partial charge in [-0.3, -0.25) is 9.69 Å². The molecule has 0 saturated carbocycles. The van der Waals surface area contributed by atoms with Crippen LogP contribution in [0.3, 0.4) is 0 Å². The van der Waals surface area contributed by atoms with Crippen molar-refractivity contribution in [2.45, 2.75) is 23.7 Å². The zero-order chi connectivity index (χ0) is 20.8. The van der Waals surface area contributed by atoms with Crippen molar-refractivity contribution in [1.82, 2.24) is 9.80 Å². The summed E-state index contributed by atoms with van der Waals surface area (Å²) in [7, 11) is 0. The summed E-state index contributed by atoms with van der Waals surface area (Å²) in [5.74, 6) is 1.27. The van der Waals surface area contributed by atoms with Crippen molar-refractivity contribution >= 4 is 23.4 Å². The average Bonchev–Trinajstić information content (AvgIpc) is 2.78. The van der Waals surface area contributed by atoms with Crippen LogP contribution in [0.4, 0.5) is 5.69 Å². The van der Waals surface area contributed by atoms with E-state index in [0.29, 0.717) is 6.42 Å². The van der Waals surface area contributed by atoms with Crippen LogP contribution in [0.1, 0.15) is 29.9 Å². The minimum absolute atomic E-state index is 0.102. The van der Waals surface area contributed by atoms with Crippen LogP contribution < -0.4 is 5.32 Å². The highest BCUT2D eigenvalue weighted by Crippen LogP contribution is 2.41. The number of carbonyl (C=O) groups is 1. The SMILES string of the molecule is O=C1CC(c2ccccc2)c2cccc(SCCCN3CCN(CCO)CC3)c2N1. The van der Waals surface area contributed by atoms with Crippen LogP contribution in [-0.2, 0) is 4.79 Å². The smallest absolute Gasteiger partial charge is 0.225 e. The lowest BCUT2D eigenvalue weighted by Gasteiger charge is -2.34. The third-order valence-corrected chi connectivity index (χ3v) is 7.19. The van der Waals surface area contributed by atoms with E-state index in [1.165, 1.54) is 16.0 Å². The van der Waals surface area contributed by atoms with Gasteiger partial charge in [0.05, 0.1) is 12.3 Å². The van der Waals surface area contributed by atoms with E-state index in [0.717, 1.165) is 57.1 Å². The Hall–Kier alpha value is -1.86. The molecule has 5 nitrogen and oxygen atoms in total. The van der Waals surface area contributed by atoms with E-state index in [9.17, 15) is 4.79 Å². The second-order valence-electron chi connectivity index (χ2n) is 8.04. The molecular weight excluding hydrogens is 394 g/mol. The number of aliphatic hydroxyl groups is 1. The van der Waals surface area contributed by atoms with Crippen LogP contribution in [-0.4, -0.2) is 72.4 Å². The molecule has 6 heteroatoms. The van der Waals surface area contributed by atoms with E-state index in [4.69, 9.17) is 5.11 Å². The van der Waals surface area contributed by atoms with Gasteiger partial charge in [-0.2, -0.15) is 0 Å². The Morgan fingerprint density at radius 3 is 2.43 bits per heavy atom. The summed E-state index contributed by atoms with van der Waals surface area (Å²) in [5, 5.41) is 12.2. The molecule has 2 heterocycles. The molecule has 0 aromatic heterocycles. The van der Waals surface area contributed by atoms with Crippen molar-refractivity contribution in [2.75, 3.05) is 56.9 Å². The van der Waals surface area contributed by atoms with Crippen LogP contribution in [0.2, 0.25) is 0 Å². The third kappa shape index (κ3) is 5.24. The van der Waals surface area contributed by atoms with Gasteiger partial charge in [0, 0.05) is 50.0 Å². The number of anilines is 1. The maximum Gasteiger partial charge on any atom is 0.225 e. The number of benzene rings is 2. The summed E-state index contributed by atoms with van der Waals surface area (Å²) >= 11 is 1.85. The molecule has 2 aliphatic rings. The Balaban J connectivity index is 1.34. The number of nitrogens with zero attached hydrogens (tertiary/aromatic N) is 2. The average molecular weight is 426 g/mol. The topological polar surface area (TPSA) is 55.8 Å². The predicted octanol–water partition coefficient (Wildman–Crippen LogP) is 3.25. The highest BCUT2D eigenvalue weighted by Gasteiger charge is 2.28. The molecule has 1 saturated heterocycles. The van der Waals surface area contributed by atoms with Gasteiger partial charge < -0.3 is 15.3 Å². The molecule has 2 aromatic carbocycles. The molecule has 0 aliphatic carbocycles. The van der Waals surface area contributed by atoms with Gasteiger partial charge in [-0.15, -0.1) is 11.8 Å². The Morgan fingerprint density at radius 1 is 0.967 bits per heavy atom. The van der Waals surface area contributed by atoms with Crippen molar-refractivity contribution < 1.29 is 9.90 Å². The van der Waals surface area contributed by atoms with Gasteiger partial charge in [-0.25, -0.2) is 0 Å². The number of nitrogens with one attached hydrogen (secondary N) is 1. The van der Waals surface area contributed by atoms with E-state index in [1.807, 2.05) is 30.0 Å². The molecule has 1 amide bonds. The van der Waals surface area contributed by atoms with Gasteiger partial charge in [0.15, 0.2) is 0 Å². The van der Waals surface area contributed by atoms with Crippen LogP contribution in [0.25, 0.3) is 0 Å². The Labute approximate surface area is 183 Å². The number of hydrogen-bond acceptors (Lipinski definition) is 5. The van der Waals surface area contributed by atoms with Crippen molar-refractivity contribution in [3.63, 3.8) is 0 Å². The summed E-state index contributed by atoms with van der Waals surface area (Å²) in [6, 6.07) is 16.8. The van der Waals surface area contributed by atoms with Crippen molar-refractivity contribution in [3.05, 3.63) is 59.7 Å². The summed E-state index contributed by atoms with van der Waals surface area (Å²) in [4.78, 5) is 18.4. The number of rotatable bonds is 8. The molecule has 2 N–H and O–H groups in total. The Bertz CT molecular complexity index is 838. The fourth-order valence-corrected chi connectivity index (χ4v) is 5.39. The number of para-hydroxylation sites is 1. The molecule has 1 unspecified atom stereocenters. The van der Waals surface area contributed by atoms with Crippen LogP contribution in [0, 0.1) is 0 Å². The summed E-state index contributed by atoms with van der Waals surface area (Å²) in [5.41, 5.74) is 3.44. The van der Waals surface area contributed by atoms with Gasteiger partial charge in [0.1, 0.15) is 0 Å². The second-order valence-corrected chi connectivity index (χ2v) is 9.18. The van der Waals surface area contributed by atoms with E-state index < -0.39 is 0 Å². The maximum absolute atomic E-state index is 12.4.